The summed E-state index contributed by atoms with van der Waals surface area (Å²) in [7, 11) is 5.10. The molecule has 2 heterocycles. The SMILES string of the molecule is CCc1nc2n(n1)CC(NC(=NCC(=O)N(C)C)NCCOC)CC2.I. The maximum atomic E-state index is 11.8. The zero-order valence-electron chi connectivity index (χ0n) is 16.0. The fraction of sp³-hybridized carbons (Fsp3) is 0.750. The van der Waals surface area contributed by atoms with Crippen LogP contribution in [0.1, 0.15) is 25.0 Å². The number of hydrogen-bond donors (Lipinski definition) is 2. The summed E-state index contributed by atoms with van der Waals surface area (Å²) >= 11 is 0. The highest BCUT2D eigenvalue weighted by Gasteiger charge is 2.22. The topological polar surface area (TPSA) is 96.7 Å². The van der Waals surface area contributed by atoms with Crippen LogP contribution in [-0.2, 0) is 28.9 Å². The molecule has 0 bridgehead atoms. The molecule has 0 fully saturated rings. The van der Waals surface area contributed by atoms with E-state index in [-0.39, 0.29) is 42.5 Å². The molecule has 0 saturated carbocycles. The summed E-state index contributed by atoms with van der Waals surface area (Å²) in [5, 5.41) is 11.1. The van der Waals surface area contributed by atoms with E-state index in [2.05, 4.69) is 32.6 Å². The first kappa shape index (κ1) is 22.6. The normalized spacial score (nSPS) is 16.5. The lowest BCUT2D eigenvalue weighted by Crippen LogP contribution is -2.48. The summed E-state index contributed by atoms with van der Waals surface area (Å²) in [5.74, 6) is 2.52. The first-order valence-corrected chi connectivity index (χ1v) is 8.70. The minimum atomic E-state index is -0.0392. The molecule has 1 unspecified atom stereocenters. The van der Waals surface area contributed by atoms with Gasteiger partial charge in [-0.25, -0.2) is 14.7 Å². The monoisotopic (exact) mass is 479 g/mol. The number of aliphatic imine (C=N–C) groups is 1. The first-order chi connectivity index (χ1) is 12.0. The molecule has 1 atom stereocenters. The molecule has 0 aliphatic carbocycles. The summed E-state index contributed by atoms with van der Waals surface area (Å²) in [4.78, 5) is 22.2. The van der Waals surface area contributed by atoms with Gasteiger partial charge in [-0.2, -0.15) is 5.10 Å². The van der Waals surface area contributed by atoms with Gasteiger partial charge in [0.05, 0.1) is 13.2 Å². The first-order valence-electron chi connectivity index (χ1n) is 8.70. The summed E-state index contributed by atoms with van der Waals surface area (Å²) in [6.45, 7) is 4.11. The van der Waals surface area contributed by atoms with Crippen molar-refractivity contribution in [2.45, 2.75) is 38.8 Å². The average molecular weight is 479 g/mol. The van der Waals surface area contributed by atoms with Gasteiger partial charge in [0, 0.05) is 46.6 Å². The van der Waals surface area contributed by atoms with Gasteiger partial charge in [-0.15, -0.1) is 24.0 Å². The maximum Gasteiger partial charge on any atom is 0.243 e. The average Bonchev–Trinajstić information content (AvgIpc) is 3.01. The predicted molar refractivity (Wildman–Crippen MR) is 111 cm³/mol. The van der Waals surface area contributed by atoms with Crippen molar-refractivity contribution in [3.05, 3.63) is 11.6 Å². The molecule has 1 aliphatic rings. The zero-order chi connectivity index (χ0) is 18.2. The minimum Gasteiger partial charge on any atom is -0.383 e. The van der Waals surface area contributed by atoms with E-state index in [1.807, 2.05) is 4.68 Å². The number of rotatable bonds is 7. The Kier molecular flexibility index (Phi) is 9.84. The van der Waals surface area contributed by atoms with E-state index in [0.29, 0.717) is 19.1 Å². The quantitative estimate of drug-likeness (QED) is 0.248. The highest BCUT2D eigenvalue weighted by Crippen LogP contribution is 2.13. The van der Waals surface area contributed by atoms with Gasteiger partial charge in [0.2, 0.25) is 5.91 Å². The van der Waals surface area contributed by atoms with Gasteiger partial charge in [0.15, 0.2) is 11.8 Å². The molecule has 0 aromatic carbocycles. The van der Waals surface area contributed by atoms with Gasteiger partial charge in [-0.05, 0) is 6.42 Å². The summed E-state index contributed by atoms with van der Waals surface area (Å²) in [5.41, 5.74) is 0. The fourth-order valence-electron chi connectivity index (χ4n) is 2.53. The molecule has 1 aliphatic heterocycles. The molecular formula is C16H30IN7O2. The van der Waals surface area contributed by atoms with Crippen LogP contribution in [0.25, 0.3) is 0 Å². The number of aromatic nitrogens is 3. The van der Waals surface area contributed by atoms with Gasteiger partial charge < -0.3 is 20.3 Å². The number of nitrogens with zero attached hydrogens (tertiary/aromatic N) is 5. The molecule has 0 saturated heterocycles. The lowest BCUT2D eigenvalue weighted by atomic mass is 10.1. The van der Waals surface area contributed by atoms with Crippen LogP contribution in [0, 0.1) is 0 Å². The number of guanidine groups is 1. The van der Waals surface area contributed by atoms with Crippen molar-refractivity contribution in [2.75, 3.05) is 40.9 Å². The third kappa shape index (κ3) is 6.71. The van der Waals surface area contributed by atoms with Crippen LogP contribution < -0.4 is 10.6 Å². The Balaban J connectivity index is 0.00000338. The lowest BCUT2D eigenvalue weighted by Gasteiger charge is -2.25. The highest BCUT2D eigenvalue weighted by atomic mass is 127. The Bertz CT molecular complexity index is 603. The predicted octanol–water partition coefficient (Wildman–Crippen LogP) is 0.0431. The Morgan fingerprint density at radius 3 is 2.88 bits per heavy atom. The van der Waals surface area contributed by atoms with Crippen molar-refractivity contribution in [3.8, 4) is 0 Å². The molecule has 0 radical (unpaired) electrons. The number of carbonyl (C=O) groups is 1. The number of ether oxygens (including phenoxy) is 1. The van der Waals surface area contributed by atoms with Crippen molar-refractivity contribution < 1.29 is 9.53 Å². The van der Waals surface area contributed by atoms with Crippen molar-refractivity contribution in [1.82, 2.24) is 30.3 Å². The third-order valence-electron chi connectivity index (χ3n) is 4.03. The second kappa shape index (κ2) is 11.3. The standard InChI is InChI=1S/C16H29N7O2.HI/c1-5-13-20-14-7-6-12(11-23(14)21-13)19-16(17-8-9-25-4)18-10-15(24)22(2)3;/h12H,5-11H2,1-4H3,(H2,17,18,19);1H. The van der Waals surface area contributed by atoms with Gasteiger partial charge in [0.1, 0.15) is 12.4 Å². The van der Waals surface area contributed by atoms with Gasteiger partial charge in [-0.1, -0.05) is 6.92 Å². The molecule has 148 valence electrons. The number of amides is 1. The number of methoxy groups -OCH3 is 1. The van der Waals surface area contributed by atoms with Crippen LogP contribution in [0.2, 0.25) is 0 Å². The minimum absolute atomic E-state index is 0. The van der Waals surface area contributed by atoms with Crippen LogP contribution in [0.15, 0.2) is 4.99 Å². The summed E-state index contributed by atoms with van der Waals surface area (Å²) in [6.07, 6.45) is 2.68. The second-order valence-electron chi connectivity index (χ2n) is 6.23. The number of carbonyl (C=O) groups excluding carboxylic acids is 1. The van der Waals surface area contributed by atoms with E-state index in [9.17, 15) is 4.79 Å². The molecule has 1 aromatic heterocycles. The maximum absolute atomic E-state index is 11.8. The Hall–Kier alpha value is -1.43. The molecule has 0 spiro atoms. The van der Waals surface area contributed by atoms with Gasteiger partial charge >= 0.3 is 0 Å². The Morgan fingerprint density at radius 1 is 1.46 bits per heavy atom. The van der Waals surface area contributed by atoms with Crippen LogP contribution >= 0.6 is 24.0 Å². The second-order valence-corrected chi connectivity index (χ2v) is 6.23. The lowest BCUT2D eigenvalue weighted by molar-refractivity contribution is -0.127. The van der Waals surface area contributed by atoms with Crippen LogP contribution in [0.5, 0.6) is 0 Å². The van der Waals surface area contributed by atoms with E-state index in [1.54, 1.807) is 21.2 Å². The van der Waals surface area contributed by atoms with E-state index < -0.39 is 0 Å². The van der Waals surface area contributed by atoms with Crippen molar-refractivity contribution in [1.29, 1.82) is 0 Å². The molecule has 2 rings (SSSR count). The summed E-state index contributed by atoms with van der Waals surface area (Å²) in [6, 6.07) is 0.196. The Labute approximate surface area is 172 Å². The number of halogens is 1. The molecular weight excluding hydrogens is 449 g/mol. The van der Waals surface area contributed by atoms with Crippen molar-refractivity contribution in [3.63, 3.8) is 0 Å². The van der Waals surface area contributed by atoms with Crippen LogP contribution in [0.3, 0.4) is 0 Å². The molecule has 1 aromatic rings. The summed E-state index contributed by atoms with van der Waals surface area (Å²) < 4.78 is 7.03. The van der Waals surface area contributed by atoms with Crippen LogP contribution in [0.4, 0.5) is 0 Å². The van der Waals surface area contributed by atoms with Gasteiger partial charge in [-0.3, -0.25) is 4.79 Å². The molecule has 1 amide bonds. The molecule has 9 nitrogen and oxygen atoms in total. The molecule has 10 heteroatoms. The molecule has 2 N–H and O–H groups in total. The zero-order valence-corrected chi connectivity index (χ0v) is 18.3. The van der Waals surface area contributed by atoms with Crippen LogP contribution in [-0.4, -0.2) is 78.5 Å². The van der Waals surface area contributed by atoms with E-state index >= 15 is 0 Å². The Morgan fingerprint density at radius 2 is 2.23 bits per heavy atom. The smallest absolute Gasteiger partial charge is 0.243 e. The van der Waals surface area contributed by atoms with E-state index in [1.165, 1.54) is 4.90 Å². The number of fused-ring (bicyclic) bond motifs is 1. The molecule has 26 heavy (non-hydrogen) atoms. The number of aryl methyl sites for hydroxylation is 2. The van der Waals surface area contributed by atoms with E-state index in [0.717, 1.165) is 37.5 Å². The number of likely N-dealkylation sites (N-methyl/N-ethyl adjacent to an activating group) is 1. The highest BCUT2D eigenvalue weighted by molar-refractivity contribution is 14.0. The third-order valence-corrected chi connectivity index (χ3v) is 4.03. The van der Waals surface area contributed by atoms with Crippen molar-refractivity contribution in [2.24, 2.45) is 4.99 Å². The van der Waals surface area contributed by atoms with E-state index in [4.69, 9.17) is 4.74 Å². The fourth-order valence-corrected chi connectivity index (χ4v) is 2.53. The van der Waals surface area contributed by atoms with Crippen molar-refractivity contribution >= 4 is 35.8 Å². The van der Waals surface area contributed by atoms with Gasteiger partial charge in [0.25, 0.3) is 0 Å². The largest absolute Gasteiger partial charge is 0.383 e. The number of hydrogen-bond acceptors (Lipinski definition) is 5. The number of nitrogens with one attached hydrogen (secondary N) is 2.